The Kier molecular flexibility index (Phi) is 7.48. The van der Waals surface area contributed by atoms with Gasteiger partial charge in [0.1, 0.15) is 0 Å². The Morgan fingerprint density at radius 2 is 1.81 bits per heavy atom. The van der Waals surface area contributed by atoms with Crippen LogP contribution in [0.1, 0.15) is 58.3 Å². The van der Waals surface area contributed by atoms with E-state index in [2.05, 4.69) is 0 Å². The van der Waals surface area contributed by atoms with E-state index in [1.165, 1.54) is 24.3 Å². The summed E-state index contributed by atoms with van der Waals surface area (Å²) in [6.45, 7) is 4.31. The molecule has 0 radical (unpaired) electrons. The zero-order valence-electron chi connectivity index (χ0n) is 18.4. The molecular weight excluding hydrogens is 416 g/mol. The average molecular weight is 446 g/mol. The van der Waals surface area contributed by atoms with Gasteiger partial charge in [0.15, 0.2) is 0 Å². The van der Waals surface area contributed by atoms with Crippen LogP contribution in [0.5, 0.6) is 0 Å². The molecule has 1 N–H and O–H groups in total. The van der Waals surface area contributed by atoms with Gasteiger partial charge < -0.3 is 14.7 Å². The molecule has 0 unspecified atom stereocenters. The number of nitrogens with zero attached hydrogens (tertiary/aromatic N) is 1. The Morgan fingerprint density at radius 1 is 1.16 bits per heavy atom. The molecule has 0 aliphatic carbocycles. The lowest BCUT2D eigenvalue weighted by molar-refractivity contribution is -0.0191. The summed E-state index contributed by atoms with van der Waals surface area (Å²) in [6, 6.07) is 11.3. The van der Waals surface area contributed by atoms with E-state index in [0.717, 1.165) is 16.7 Å². The first-order chi connectivity index (χ1) is 15.2. The van der Waals surface area contributed by atoms with E-state index in [9.17, 15) is 18.4 Å². The molecule has 3 rings (SSSR count). The lowest BCUT2D eigenvalue weighted by Gasteiger charge is -2.35. The normalized spacial score (nSPS) is 16.7. The van der Waals surface area contributed by atoms with Gasteiger partial charge in [-0.3, -0.25) is 0 Å². The largest absolute Gasteiger partial charge is 0.478 e. The number of carboxylic acid groups (broad SMARTS) is 1. The van der Waals surface area contributed by atoms with Crippen molar-refractivity contribution in [1.29, 1.82) is 0 Å². The number of rotatable bonds is 9. The van der Waals surface area contributed by atoms with E-state index >= 15 is 0 Å². The molecule has 1 aliphatic heterocycles. The topological polar surface area (TPSA) is 66.8 Å². The number of carbonyl (C=O) groups is 2. The summed E-state index contributed by atoms with van der Waals surface area (Å²) in [6.07, 6.45) is 1.22. The molecular formula is C25H29F2NO4. The van der Waals surface area contributed by atoms with Gasteiger partial charge in [0.05, 0.1) is 12.2 Å². The van der Waals surface area contributed by atoms with Gasteiger partial charge in [-0.15, -0.1) is 0 Å². The van der Waals surface area contributed by atoms with Crippen molar-refractivity contribution in [2.45, 2.75) is 57.9 Å². The van der Waals surface area contributed by atoms with Gasteiger partial charge in [-0.05, 0) is 50.8 Å². The standard InChI is InChI=1S/C25H29F2NO4/c1-17-14-18(2)16-21(15-17)25(26,27)11-3-4-22-10-13-32-24(31)28(22)12-9-19-5-7-20(8-6-19)23(29)30/h5-8,14-16,22H,3-4,9-13H2,1-2H3,(H,29,30)/t22-/m0/s1. The third-order valence-electron chi connectivity index (χ3n) is 5.87. The second-order valence-corrected chi connectivity index (χ2v) is 8.48. The van der Waals surface area contributed by atoms with Crippen LogP contribution in [0.15, 0.2) is 42.5 Å². The number of hydrogen-bond acceptors (Lipinski definition) is 3. The molecule has 1 aliphatic rings. The van der Waals surface area contributed by atoms with Crippen molar-refractivity contribution in [3.63, 3.8) is 0 Å². The second-order valence-electron chi connectivity index (χ2n) is 8.48. The summed E-state index contributed by atoms with van der Waals surface area (Å²) in [7, 11) is 0. The van der Waals surface area contributed by atoms with Crippen LogP contribution < -0.4 is 0 Å². The number of halogens is 2. The van der Waals surface area contributed by atoms with E-state index in [1.54, 1.807) is 17.0 Å². The van der Waals surface area contributed by atoms with E-state index < -0.39 is 18.0 Å². The van der Waals surface area contributed by atoms with E-state index in [4.69, 9.17) is 9.84 Å². The molecule has 1 heterocycles. The second kappa shape index (κ2) is 10.1. The summed E-state index contributed by atoms with van der Waals surface area (Å²) in [4.78, 5) is 24.9. The van der Waals surface area contributed by atoms with Gasteiger partial charge in [-0.2, -0.15) is 0 Å². The number of benzene rings is 2. The van der Waals surface area contributed by atoms with Crippen LogP contribution in [0.4, 0.5) is 13.6 Å². The summed E-state index contributed by atoms with van der Waals surface area (Å²) < 4.78 is 34.7. The Morgan fingerprint density at radius 3 is 2.44 bits per heavy atom. The van der Waals surface area contributed by atoms with Crippen molar-refractivity contribution in [3.05, 3.63) is 70.3 Å². The van der Waals surface area contributed by atoms with Crippen molar-refractivity contribution in [2.24, 2.45) is 0 Å². The Labute approximate surface area is 187 Å². The Hall–Kier alpha value is -2.96. The van der Waals surface area contributed by atoms with Gasteiger partial charge in [0, 0.05) is 31.0 Å². The van der Waals surface area contributed by atoms with Crippen molar-refractivity contribution < 1.29 is 28.2 Å². The van der Waals surface area contributed by atoms with Crippen LogP contribution in [-0.2, 0) is 17.1 Å². The summed E-state index contributed by atoms with van der Waals surface area (Å²) in [5, 5.41) is 9.00. The maximum atomic E-state index is 14.8. The zero-order valence-corrected chi connectivity index (χ0v) is 18.4. The monoisotopic (exact) mass is 445 g/mol. The first-order valence-corrected chi connectivity index (χ1v) is 10.9. The Balaban J connectivity index is 1.57. The number of aryl methyl sites for hydroxylation is 2. The summed E-state index contributed by atoms with van der Waals surface area (Å²) in [5.74, 6) is -3.91. The molecule has 7 heteroatoms. The smallest absolute Gasteiger partial charge is 0.410 e. The van der Waals surface area contributed by atoms with E-state index in [1.807, 2.05) is 19.9 Å². The van der Waals surface area contributed by atoms with Gasteiger partial charge in [-0.25, -0.2) is 18.4 Å². The molecule has 32 heavy (non-hydrogen) atoms. The fourth-order valence-corrected chi connectivity index (χ4v) is 4.20. The minimum absolute atomic E-state index is 0.0414. The molecule has 0 saturated carbocycles. The maximum Gasteiger partial charge on any atom is 0.410 e. The van der Waals surface area contributed by atoms with Crippen LogP contribution in [0.3, 0.4) is 0 Å². The molecule has 2 aromatic carbocycles. The summed E-state index contributed by atoms with van der Waals surface area (Å²) in [5.41, 5.74) is 2.77. The third-order valence-corrected chi connectivity index (χ3v) is 5.87. The highest BCUT2D eigenvalue weighted by Gasteiger charge is 2.34. The number of alkyl halides is 2. The third kappa shape index (κ3) is 6.05. The van der Waals surface area contributed by atoms with Gasteiger partial charge in [-0.1, -0.05) is 41.5 Å². The quantitative estimate of drug-likeness (QED) is 0.536. The molecule has 0 aromatic heterocycles. The van der Waals surface area contributed by atoms with Crippen molar-refractivity contribution >= 4 is 12.1 Å². The highest BCUT2D eigenvalue weighted by Crippen LogP contribution is 2.35. The highest BCUT2D eigenvalue weighted by atomic mass is 19.3. The van der Waals surface area contributed by atoms with Gasteiger partial charge >= 0.3 is 12.1 Å². The van der Waals surface area contributed by atoms with Crippen LogP contribution in [0.2, 0.25) is 0 Å². The molecule has 0 bridgehead atoms. The number of carbonyl (C=O) groups excluding carboxylic acids is 1. The SMILES string of the molecule is Cc1cc(C)cc(C(F)(F)CCC[C@H]2CCOC(=O)N2CCc2ccc(C(=O)O)cc2)c1. The maximum absolute atomic E-state index is 14.8. The average Bonchev–Trinajstić information content (AvgIpc) is 2.73. The van der Waals surface area contributed by atoms with E-state index in [0.29, 0.717) is 38.8 Å². The Bertz CT molecular complexity index is 939. The molecule has 5 nitrogen and oxygen atoms in total. The predicted molar refractivity (Wildman–Crippen MR) is 117 cm³/mol. The molecule has 1 saturated heterocycles. The summed E-state index contributed by atoms with van der Waals surface area (Å²) >= 11 is 0. The number of aromatic carboxylic acids is 1. The lowest BCUT2D eigenvalue weighted by atomic mass is 9.96. The molecule has 1 fully saturated rings. The van der Waals surface area contributed by atoms with Crippen LogP contribution in [-0.4, -0.2) is 41.3 Å². The number of amides is 1. The van der Waals surface area contributed by atoms with Crippen molar-refractivity contribution in [3.8, 4) is 0 Å². The van der Waals surface area contributed by atoms with Crippen molar-refractivity contribution in [1.82, 2.24) is 4.90 Å². The molecule has 0 spiro atoms. The highest BCUT2D eigenvalue weighted by molar-refractivity contribution is 5.87. The van der Waals surface area contributed by atoms with Crippen molar-refractivity contribution in [2.75, 3.05) is 13.2 Å². The fourth-order valence-electron chi connectivity index (χ4n) is 4.20. The van der Waals surface area contributed by atoms with E-state index in [-0.39, 0.29) is 23.6 Å². The molecule has 1 amide bonds. The molecule has 172 valence electrons. The van der Waals surface area contributed by atoms with Gasteiger partial charge in [0.2, 0.25) is 0 Å². The fraction of sp³-hybridized carbons (Fsp3) is 0.440. The first-order valence-electron chi connectivity index (χ1n) is 10.9. The van der Waals surface area contributed by atoms with Gasteiger partial charge in [0.25, 0.3) is 5.92 Å². The number of carboxylic acids is 1. The zero-order chi connectivity index (χ0) is 23.3. The molecule has 2 aromatic rings. The lowest BCUT2D eigenvalue weighted by Crippen LogP contribution is -2.46. The van der Waals surface area contributed by atoms with Crippen LogP contribution >= 0.6 is 0 Å². The number of ether oxygens (including phenoxy) is 1. The minimum atomic E-state index is -2.91. The molecule has 1 atom stereocenters. The van der Waals surface area contributed by atoms with Crippen LogP contribution in [0, 0.1) is 13.8 Å². The van der Waals surface area contributed by atoms with Crippen LogP contribution in [0.25, 0.3) is 0 Å². The minimum Gasteiger partial charge on any atom is -0.478 e. The number of hydrogen-bond donors (Lipinski definition) is 1. The first kappa shape index (κ1) is 23.7. The number of cyclic esters (lactones) is 1. The predicted octanol–water partition coefficient (Wildman–Crippen LogP) is 5.72.